The summed E-state index contributed by atoms with van der Waals surface area (Å²) in [6.45, 7) is 0.934. The molecule has 1 aliphatic rings. The van der Waals surface area contributed by atoms with Crippen molar-refractivity contribution in [3.05, 3.63) is 60.7 Å². The molecule has 1 heterocycles. The van der Waals surface area contributed by atoms with Gasteiger partial charge in [-0.1, -0.05) is 36.4 Å². The van der Waals surface area contributed by atoms with Crippen molar-refractivity contribution < 1.29 is 14.7 Å². The minimum absolute atomic E-state index is 0.000916. The molecule has 26 heavy (non-hydrogen) atoms. The van der Waals surface area contributed by atoms with E-state index in [2.05, 4.69) is 5.32 Å². The van der Waals surface area contributed by atoms with Gasteiger partial charge in [-0.2, -0.15) is 0 Å². The van der Waals surface area contributed by atoms with Gasteiger partial charge in [0.1, 0.15) is 0 Å². The molecule has 2 aromatic rings. The molecular weight excluding hydrogens is 330 g/mol. The third-order valence-corrected chi connectivity index (χ3v) is 4.74. The smallest absolute Gasteiger partial charge is 0.329 e. The van der Waals surface area contributed by atoms with Crippen molar-refractivity contribution in [3.63, 3.8) is 0 Å². The Morgan fingerprint density at radius 3 is 2.19 bits per heavy atom. The average molecular weight is 353 g/mol. The first-order chi connectivity index (χ1) is 12.6. The largest absolute Gasteiger partial charge is 0.481 e. The summed E-state index contributed by atoms with van der Waals surface area (Å²) < 4.78 is 0. The number of amides is 2. The first-order valence-corrected chi connectivity index (χ1v) is 8.66. The van der Waals surface area contributed by atoms with Gasteiger partial charge in [0.2, 0.25) is 0 Å². The predicted molar refractivity (Wildman–Crippen MR) is 102 cm³/mol. The van der Waals surface area contributed by atoms with Gasteiger partial charge in [0.15, 0.2) is 0 Å². The topological polar surface area (TPSA) is 72.9 Å². The predicted octanol–water partition coefficient (Wildman–Crippen LogP) is 2.96. The van der Waals surface area contributed by atoms with Crippen molar-refractivity contribution >= 4 is 23.4 Å². The number of likely N-dealkylation sites (N-methyl/N-ethyl adjacent to an activating group) is 1. The third kappa shape index (κ3) is 3.41. The van der Waals surface area contributed by atoms with E-state index in [4.69, 9.17) is 0 Å². The molecule has 0 radical (unpaired) electrons. The SMILES string of the molecule is CNCC1(CCC(=O)O)CN(c2ccccc2)C(=O)N1c1ccccc1. The molecule has 136 valence electrons. The second kappa shape index (κ2) is 7.58. The van der Waals surface area contributed by atoms with Crippen LogP contribution in [-0.2, 0) is 4.79 Å². The Kier molecular flexibility index (Phi) is 5.23. The summed E-state index contributed by atoms with van der Waals surface area (Å²) in [6.07, 6.45) is 0.369. The Hall–Kier alpha value is -2.86. The van der Waals surface area contributed by atoms with Gasteiger partial charge in [-0.05, 0) is 37.7 Å². The zero-order valence-electron chi connectivity index (χ0n) is 14.8. The quantitative estimate of drug-likeness (QED) is 0.803. The van der Waals surface area contributed by atoms with E-state index in [1.54, 1.807) is 9.80 Å². The van der Waals surface area contributed by atoms with Crippen LogP contribution in [0.3, 0.4) is 0 Å². The molecule has 0 spiro atoms. The van der Waals surface area contributed by atoms with Crippen molar-refractivity contribution in [2.24, 2.45) is 0 Å². The maximum atomic E-state index is 13.3. The highest BCUT2D eigenvalue weighted by atomic mass is 16.4. The Balaban J connectivity index is 2.05. The molecule has 0 bridgehead atoms. The first kappa shape index (κ1) is 17.9. The van der Waals surface area contributed by atoms with Crippen LogP contribution in [0.4, 0.5) is 16.2 Å². The van der Waals surface area contributed by atoms with Crippen molar-refractivity contribution in [2.75, 3.05) is 29.9 Å². The summed E-state index contributed by atoms with van der Waals surface area (Å²) in [5, 5.41) is 12.4. The van der Waals surface area contributed by atoms with Crippen molar-refractivity contribution in [1.82, 2.24) is 5.32 Å². The van der Waals surface area contributed by atoms with Crippen LogP contribution in [0.15, 0.2) is 60.7 Å². The normalized spacial score (nSPS) is 19.8. The lowest BCUT2D eigenvalue weighted by Crippen LogP contribution is -2.54. The molecule has 1 saturated heterocycles. The fraction of sp³-hybridized carbons (Fsp3) is 0.300. The first-order valence-electron chi connectivity index (χ1n) is 8.66. The van der Waals surface area contributed by atoms with Gasteiger partial charge in [0.05, 0.1) is 12.1 Å². The van der Waals surface area contributed by atoms with E-state index in [0.717, 1.165) is 11.4 Å². The molecule has 1 fully saturated rings. The third-order valence-electron chi connectivity index (χ3n) is 4.74. The zero-order chi connectivity index (χ0) is 18.6. The number of para-hydroxylation sites is 2. The number of hydrogen-bond acceptors (Lipinski definition) is 3. The average Bonchev–Trinajstić information content (AvgIpc) is 2.94. The number of carboxylic acids is 1. The molecule has 0 aliphatic carbocycles. The van der Waals surface area contributed by atoms with Crippen LogP contribution in [0.25, 0.3) is 0 Å². The summed E-state index contributed by atoms with van der Waals surface area (Å²) in [7, 11) is 1.82. The van der Waals surface area contributed by atoms with E-state index in [1.807, 2.05) is 67.7 Å². The number of aliphatic carboxylic acids is 1. The van der Waals surface area contributed by atoms with E-state index in [0.29, 0.717) is 19.5 Å². The number of nitrogens with zero attached hydrogens (tertiary/aromatic N) is 2. The minimum Gasteiger partial charge on any atom is -0.481 e. The highest BCUT2D eigenvalue weighted by molar-refractivity contribution is 6.08. The lowest BCUT2D eigenvalue weighted by Gasteiger charge is -2.36. The van der Waals surface area contributed by atoms with Crippen molar-refractivity contribution in [2.45, 2.75) is 18.4 Å². The minimum atomic E-state index is -0.862. The van der Waals surface area contributed by atoms with Gasteiger partial charge in [0, 0.05) is 24.3 Å². The molecule has 2 amide bonds. The molecule has 1 unspecified atom stereocenters. The molecule has 1 atom stereocenters. The van der Waals surface area contributed by atoms with Gasteiger partial charge < -0.3 is 10.4 Å². The van der Waals surface area contributed by atoms with Gasteiger partial charge in [-0.3, -0.25) is 14.6 Å². The second-order valence-electron chi connectivity index (χ2n) is 6.52. The van der Waals surface area contributed by atoms with Crippen LogP contribution in [0.1, 0.15) is 12.8 Å². The van der Waals surface area contributed by atoms with E-state index in [9.17, 15) is 14.7 Å². The van der Waals surface area contributed by atoms with Gasteiger partial charge in [-0.15, -0.1) is 0 Å². The molecular formula is C20H23N3O3. The van der Waals surface area contributed by atoms with Crippen LogP contribution in [0.5, 0.6) is 0 Å². The Morgan fingerprint density at radius 1 is 1.08 bits per heavy atom. The summed E-state index contributed by atoms with van der Waals surface area (Å²) >= 11 is 0. The monoisotopic (exact) mass is 353 g/mol. The summed E-state index contributed by atoms with van der Waals surface area (Å²) in [4.78, 5) is 28.0. The molecule has 0 saturated carbocycles. The zero-order valence-corrected chi connectivity index (χ0v) is 14.8. The highest BCUT2D eigenvalue weighted by Gasteiger charge is 2.50. The molecule has 0 aromatic heterocycles. The van der Waals surface area contributed by atoms with Crippen molar-refractivity contribution in [3.8, 4) is 0 Å². The Morgan fingerprint density at radius 2 is 1.65 bits per heavy atom. The molecule has 2 aromatic carbocycles. The van der Waals surface area contributed by atoms with Gasteiger partial charge >= 0.3 is 12.0 Å². The molecule has 1 aliphatic heterocycles. The van der Waals surface area contributed by atoms with Gasteiger partial charge in [0.25, 0.3) is 0 Å². The number of benzene rings is 2. The maximum Gasteiger partial charge on any atom is 0.329 e. The molecule has 3 rings (SSSR count). The molecule has 6 heteroatoms. The van der Waals surface area contributed by atoms with E-state index < -0.39 is 11.5 Å². The van der Waals surface area contributed by atoms with Crippen LogP contribution in [0.2, 0.25) is 0 Å². The Bertz CT molecular complexity index is 766. The molecule has 2 N–H and O–H groups in total. The fourth-order valence-electron chi connectivity index (χ4n) is 3.61. The Labute approximate surface area is 153 Å². The number of rotatable bonds is 7. The standard InChI is InChI=1S/C20H23N3O3/c1-21-14-20(13-12-18(24)25)15-22(16-8-4-2-5-9-16)19(26)23(20)17-10-6-3-7-11-17/h2-11,21H,12-15H2,1H3,(H,24,25). The van der Waals surface area contributed by atoms with Crippen molar-refractivity contribution in [1.29, 1.82) is 0 Å². The number of hydrogen-bond donors (Lipinski definition) is 2. The lowest BCUT2D eigenvalue weighted by atomic mass is 9.91. The van der Waals surface area contributed by atoms with Crippen LogP contribution in [-0.4, -0.2) is 42.8 Å². The number of nitrogens with one attached hydrogen (secondary N) is 1. The number of anilines is 2. The van der Waals surface area contributed by atoms with E-state index in [-0.39, 0.29) is 12.5 Å². The second-order valence-corrected chi connectivity index (χ2v) is 6.52. The van der Waals surface area contributed by atoms with Crippen LogP contribution in [0, 0.1) is 0 Å². The number of carboxylic acid groups (broad SMARTS) is 1. The fourth-order valence-corrected chi connectivity index (χ4v) is 3.61. The highest BCUT2D eigenvalue weighted by Crippen LogP contribution is 2.37. The van der Waals surface area contributed by atoms with E-state index >= 15 is 0 Å². The lowest BCUT2D eigenvalue weighted by molar-refractivity contribution is -0.137. The maximum absolute atomic E-state index is 13.3. The number of carbonyl (C=O) groups is 2. The van der Waals surface area contributed by atoms with Gasteiger partial charge in [-0.25, -0.2) is 4.79 Å². The molecule has 6 nitrogen and oxygen atoms in total. The summed E-state index contributed by atoms with van der Waals surface area (Å²) in [5.41, 5.74) is 0.949. The summed E-state index contributed by atoms with van der Waals surface area (Å²) in [5.74, 6) is -0.862. The number of urea groups is 1. The van der Waals surface area contributed by atoms with Crippen LogP contribution >= 0.6 is 0 Å². The summed E-state index contributed by atoms with van der Waals surface area (Å²) in [6, 6.07) is 18.8. The number of carbonyl (C=O) groups excluding carboxylic acids is 1. The van der Waals surface area contributed by atoms with E-state index in [1.165, 1.54) is 0 Å². The van der Waals surface area contributed by atoms with Crippen LogP contribution < -0.4 is 15.1 Å².